The Morgan fingerprint density at radius 2 is 2.11 bits per heavy atom. The van der Waals surface area contributed by atoms with Gasteiger partial charge in [-0.05, 0) is 43.7 Å². The Hall–Kier alpha value is -1.06. The molecule has 1 aliphatic heterocycles. The van der Waals surface area contributed by atoms with Gasteiger partial charge in [-0.3, -0.25) is 4.79 Å². The molecule has 1 aromatic carbocycles. The predicted octanol–water partition coefficient (Wildman–Crippen LogP) is 1.91. The smallest absolute Gasteiger partial charge is 0.237 e. The number of benzene rings is 1. The van der Waals surface area contributed by atoms with Crippen molar-refractivity contribution >= 4 is 18.3 Å². The first-order chi connectivity index (χ1) is 8.83. The molecule has 1 heterocycles. The number of nitrogens with one attached hydrogen (secondary N) is 2. The summed E-state index contributed by atoms with van der Waals surface area (Å²) in [5.74, 6) is 0.839. The summed E-state index contributed by atoms with van der Waals surface area (Å²) in [6, 6.07) is 11.0. The molecule has 0 spiro atoms. The van der Waals surface area contributed by atoms with Gasteiger partial charge in [-0.2, -0.15) is 0 Å². The molecule has 3 unspecified atom stereocenters. The van der Waals surface area contributed by atoms with E-state index in [1.54, 1.807) is 0 Å². The fraction of sp³-hybridized carbons (Fsp3) is 0.533. The van der Waals surface area contributed by atoms with Gasteiger partial charge >= 0.3 is 0 Å². The van der Waals surface area contributed by atoms with Crippen LogP contribution in [0.15, 0.2) is 30.3 Å². The van der Waals surface area contributed by atoms with Gasteiger partial charge in [0, 0.05) is 6.04 Å². The second-order valence-electron chi connectivity index (χ2n) is 5.45. The molecule has 2 fully saturated rings. The average Bonchev–Trinajstić information content (AvgIpc) is 2.92. The van der Waals surface area contributed by atoms with E-state index in [0.29, 0.717) is 12.0 Å². The molecule has 3 nitrogen and oxygen atoms in total. The number of hydrogen-bond donors (Lipinski definition) is 2. The Morgan fingerprint density at radius 1 is 1.32 bits per heavy atom. The molecule has 2 aliphatic rings. The van der Waals surface area contributed by atoms with E-state index in [2.05, 4.69) is 34.9 Å². The molecule has 3 rings (SSSR count). The third-order valence-electron chi connectivity index (χ3n) is 3.97. The number of carbonyl (C=O) groups excluding carboxylic acids is 1. The Kier molecular flexibility index (Phi) is 4.83. The Bertz CT molecular complexity index is 417. The highest BCUT2D eigenvalue weighted by Crippen LogP contribution is 2.33. The molecule has 0 radical (unpaired) electrons. The highest BCUT2D eigenvalue weighted by atomic mass is 35.5. The summed E-state index contributed by atoms with van der Waals surface area (Å²) in [5.41, 5.74) is 1.37. The molecule has 104 valence electrons. The first-order valence-corrected chi connectivity index (χ1v) is 6.90. The van der Waals surface area contributed by atoms with Crippen molar-refractivity contribution in [1.82, 2.24) is 10.6 Å². The minimum Gasteiger partial charge on any atom is -0.352 e. The van der Waals surface area contributed by atoms with Crippen molar-refractivity contribution in [3.05, 3.63) is 35.9 Å². The van der Waals surface area contributed by atoms with Crippen molar-refractivity contribution in [2.75, 3.05) is 6.54 Å². The molecule has 0 bridgehead atoms. The Labute approximate surface area is 120 Å². The second kappa shape index (κ2) is 6.40. The molecule has 0 aromatic heterocycles. The van der Waals surface area contributed by atoms with E-state index in [1.165, 1.54) is 5.56 Å². The Balaban J connectivity index is 0.00000133. The molecule has 1 aromatic rings. The zero-order valence-electron chi connectivity index (χ0n) is 11.0. The first-order valence-electron chi connectivity index (χ1n) is 6.90. The van der Waals surface area contributed by atoms with Gasteiger partial charge < -0.3 is 10.6 Å². The first kappa shape index (κ1) is 14.4. The average molecular weight is 281 g/mol. The van der Waals surface area contributed by atoms with Crippen LogP contribution in [0, 0.1) is 5.92 Å². The van der Waals surface area contributed by atoms with E-state index in [1.807, 2.05) is 6.07 Å². The van der Waals surface area contributed by atoms with Gasteiger partial charge in [0.2, 0.25) is 5.91 Å². The van der Waals surface area contributed by atoms with Gasteiger partial charge in [-0.25, -0.2) is 0 Å². The van der Waals surface area contributed by atoms with E-state index >= 15 is 0 Å². The van der Waals surface area contributed by atoms with E-state index in [-0.39, 0.29) is 24.4 Å². The van der Waals surface area contributed by atoms with Crippen molar-refractivity contribution < 1.29 is 4.79 Å². The minimum atomic E-state index is 0. The highest BCUT2D eigenvalue weighted by molar-refractivity contribution is 5.85. The summed E-state index contributed by atoms with van der Waals surface area (Å²) in [4.78, 5) is 11.9. The fourth-order valence-corrected chi connectivity index (χ4v) is 2.76. The lowest BCUT2D eigenvalue weighted by molar-refractivity contribution is -0.123. The van der Waals surface area contributed by atoms with Gasteiger partial charge in [-0.15, -0.1) is 12.4 Å². The molecule has 2 N–H and O–H groups in total. The van der Waals surface area contributed by atoms with Crippen LogP contribution >= 0.6 is 12.4 Å². The van der Waals surface area contributed by atoms with Crippen LogP contribution in [0.25, 0.3) is 0 Å². The lowest BCUT2D eigenvalue weighted by atomic mass is 10.1. The molecule has 1 saturated carbocycles. The van der Waals surface area contributed by atoms with Crippen LogP contribution < -0.4 is 10.6 Å². The maximum Gasteiger partial charge on any atom is 0.237 e. The fourth-order valence-electron chi connectivity index (χ4n) is 2.76. The van der Waals surface area contributed by atoms with Crippen LogP contribution in [0.5, 0.6) is 0 Å². The number of hydrogen-bond acceptors (Lipinski definition) is 2. The van der Waals surface area contributed by atoms with E-state index in [0.717, 1.165) is 32.2 Å². The van der Waals surface area contributed by atoms with Gasteiger partial charge in [-0.1, -0.05) is 30.3 Å². The van der Waals surface area contributed by atoms with Crippen molar-refractivity contribution in [2.45, 2.75) is 37.8 Å². The van der Waals surface area contributed by atoms with E-state index in [9.17, 15) is 4.79 Å². The maximum absolute atomic E-state index is 11.9. The number of halogens is 1. The van der Waals surface area contributed by atoms with Crippen LogP contribution in [0.1, 0.15) is 24.8 Å². The number of rotatable bonds is 4. The standard InChI is InChI=1S/C15H20N2O.ClH/c18-15(13-7-4-8-16-13)17-14-10-12(14)9-11-5-2-1-3-6-11;/h1-3,5-6,12-14,16H,4,7-10H2,(H,17,18);1H. The largest absolute Gasteiger partial charge is 0.352 e. The second-order valence-corrected chi connectivity index (χ2v) is 5.45. The number of amides is 1. The lowest BCUT2D eigenvalue weighted by Crippen LogP contribution is -2.41. The third-order valence-corrected chi connectivity index (χ3v) is 3.97. The molecule has 1 saturated heterocycles. The van der Waals surface area contributed by atoms with Gasteiger partial charge in [0.15, 0.2) is 0 Å². The molecule has 19 heavy (non-hydrogen) atoms. The van der Waals surface area contributed by atoms with Crippen LogP contribution in [0.2, 0.25) is 0 Å². The quantitative estimate of drug-likeness (QED) is 0.885. The summed E-state index contributed by atoms with van der Waals surface area (Å²) in [6.07, 6.45) is 4.33. The predicted molar refractivity (Wildman–Crippen MR) is 78.5 cm³/mol. The summed E-state index contributed by atoms with van der Waals surface area (Å²) >= 11 is 0. The van der Waals surface area contributed by atoms with Crippen molar-refractivity contribution in [2.24, 2.45) is 5.92 Å². The SMILES string of the molecule is Cl.O=C(NC1CC1Cc1ccccc1)C1CCCN1. The van der Waals surface area contributed by atoms with Crippen LogP contribution in [-0.4, -0.2) is 24.5 Å². The maximum atomic E-state index is 11.9. The molecular formula is C15H21ClN2O. The number of carbonyl (C=O) groups is 1. The van der Waals surface area contributed by atoms with Crippen molar-refractivity contribution in [1.29, 1.82) is 0 Å². The van der Waals surface area contributed by atoms with E-state index in [4.69, 9.17) is 0 Å². The van der Waals surface area contributed by atoms with Crippen LogP contribution in [0.3, 0.4) is 0 Å². The normalized spacial score (nSPS) is 28.5. The summed E-state index contributed by atoms with van der Waals surface area (Å²) < 4.78 is 0. The van der Waals surface area contributed by atoms with Crippen molar-refractivity contribution in [3.63, 3.8) is 0 Å². The molecule has 1 aliphatic carbocycles. The van der Waals surface area contributed by atoms with E-state index < -0.39 is 0 Å². The Morgan fingerprint density at radius 3 is 2.79 bits per heavy atom. The summed E-state index contributed by atoms with van der Waals surface area (Å²) in [6.45, 7) is 0.982. The topological polar surface area (TPSA) is 41.1 Å². The van der Waals surface area contributed by atoms with Crippen LogP contribution in [-0.2, 0) is 11.2 Å². The zero-order valence-corrected chi connectivity index (χ0v) is 11.8. The van der Waals surface area contributed by atoms with Gasteiger partial charge in [0.1, 0.15) is 0 Å². The zero-order chi connectivity index (χ0) is 12.4. The van der Waals surface area contributed by atoms with Gasteiger partial charge in [0.25, 0.3) is 0 Å². The summed E-state index contributed by atoms with van der Waals surface area (Å²) in [7, 11) is 0. The highest BCUT2D eigenvalue weighted by Gasteiger charge is 2.39. The summed E-state index contributed by atoms with van der Waals surface area (Å²) in [5, 5.41) is 6.41. The third kappa shape index (κ3) is 3.71. The molecular weight excluding hydrogens is 260 g/mol. The minimum absolute atomic E-state index is 0. The molecule has 1 amide bonds. The molecule has 4 heteroatoms. The van der Waals surface area contributed by atoms with Gasteiger partial charge in [0.05, 0.1) is 6.04 Å². The van der Waals surface area contributed by atoms with Crippen LogP contribution in [0.4, 0.5) is 0 Å². The molecule has 3 atom stereocenters. The lowest BCUT2D eigenvalue weighted by Gasteiger charge is -2.10. The van der Waals surface area contributed by atoms with Crippen molar-refractivity contribution in [3.8, 4) is 0 Å². The monoisotopic (exact) mass is 280 g/mol.